The van der Waals surface area contributed by atoms with Gasteiger partial charge in [-0.3, -0.25) is 4.79 Å². The normalized spacial score (nSPS) is 56.7. The van der Waals surface area contributed by atoms with Crippen molar-refractivity contribution < 1.29 is 59.5 Å². The molecule has 0 aromatic rings. The molecule has 0 aromatic heterocycles. The number of allylic oxidation sites excluding steroid dienone is 1. The Balaban J connectivity index is 1.14. The summed E-state index contributed by atoms with van der Waals surface area (Å²) in [6.07, 6.45) is -3.90. The molecule has 0 aromatic carbocycles. The first-order chi connectivity index (χ1) is 24.8. The summed E-state index contributed by atoms with van der Waals surface area (Å²) in [5.41, 5.74) is -0.394. The van der Waals surface area contributed by atoms with Crippen LogP contribution >= 0.6 is 0 Å². The molecule has 53 heavy (non-hydrogen) atoms. The van der Waals surface area contributed by atoms with Gasteiger partial charge in [-0.15, -0.1) is 0 Å². The van der Waals surface area contributed by atoms with E-state index in [-0.39, 0.29) is 47.2 Å². The van der Waals surface area contributed by atoms with Crippen LogP contribution < -0.4 is 0 Å². The molecule has 0 bridgehead atoms. The van der Waals surface area contributed by atoms with Crippen molar-refractivity contribution in [2.75, 3.05) is 13.2 Å². The van der Waals surface area contributed by atoms with Crippen molar-refractivity contribution in [1.29, 1.82) is 0 Å². The summed E-state index contributed by atoms with van der Waals surface area (Å²) in [5.74, 6) is 0.490. The van der Waals surface area contributed by atoms with Crippen molar-refractivity contribution in [2.24, 2.45) is 56.7 Å². The summed E-state index contributed by atoms with van der Waals surface area (Å²) in [6, 6.07) is 0. The standard InChI is InChI=1S/C41H66O12/c1-20(2)22-10-15-41(36(48)49)17-16-39(6)23(28(22)41)8-9-26-37(4)13-12-27(38(5,19-42)25(37)11-14-40(26,39)7)52-35-33(30(45)24(43)18-50-35)53-34-32(47)31(46)29(44)21(3)51-34/h21-35,42-47H,1,8-19H2,2-7H3,(H,48,49)/t21?,22-,23+,24?,25+,26+,27-,28+,29?,30?,31?,32?,33?,34?,35?,37-,38-,39+,40+,41-/m0/s1. The molecule has 5 saturated carbocycles. The molecule has 2 aliphatic heterocycles. The van der Waals surface area contributed by atoms with Gasteiger partial charge in [0, 0.05) is 5.41 Å². The van der Waals surface area contributed by atoms with Crippen LogP contribution in [0.1, 0.15) is 106 Å². The Bertz CT molecular complexity index is 1410. The van der Waals surface area contributed by atoms with Gasteiger partial charge in [0.15, 0.2) is 12.6 Å². The van der Waals surface area contributed by atoms with Gasteiger partial charge in [-0.25, -0.2) is 0 Å². The van der Waals surface area contributed by atoms with Gasteiger partial charge < -0.3 is 54.7 Å². The maximum Gasteiger partial charge on any atom is 0.309 e. The number of carboxylic acid groups (broad SMARTS) is 1. The fraction of sp³-hybridized carbons (Fsp3) is 0.927. The molecular weight excluding hydrogens is 684 g/mol. The van der Waals surface area contributed by atoms with Crippen molar-refractivity contribution in [3.63, 3.8) is 0 Å². The van der Waals surface area contributed by atoms with E-state index in [2.05, 4.69) is 41.2 Å². The average Bonchev–Trinajstić information content (AvgIpc) is 3.52. The van der Waals surface area contributed by atoms with Crippen LogP contribution in [0, 0.1) is 56.7 Å². The van der Waals surface area contributed by atoms with Crippen LogP contribution in [0.3, 0.4) is 0 Å². The van der Waals surface area contributed by atoms with Crippen LogP contribution in [-0.2, 0) is 23.7 Å². The Morgan fingerprint density at radius 1 is 0.792 bits per heavy atom. The molecule has 302 valence electrons. The van der Waals surface area contributed by atoms with E-state index in [1.807, 2.05) is 0 Å². The highest BCUT2D eigenvalue weighted by molar-refractivity contribution is 5.76. The van der Waals surface area contributed by atoms with Gasteiger partial charge in [0.05, 0.1) is 30.8 Å². The third-order valence-corrected chi connectivity index (χ3v) is 17.4. The van der Waals surface area contributed by atoms with Gasteiger partial charge >= 0.3 is 5.97 Å². The van der Waals surface area contributed by atoms with Crippen molar-refractivity contribution in [3.05, 3.63) is 12.2 Å². The molecule has 12 heteroatoms. The average molecular weight is 751 g/mol. The first-order valence-electron chi connectivity index (χ1n) is 20.3. The van der Waals surface area contributed by atoms with Gasteiger partial charge in [-0.05, 0) is 124 Å². The minimum Gasteiger partial charge on any atom is -0.481 e. The lowest BCUT2D eigenvalue weighted by atomic mass is 9.32. The zero-order valence-electron chi connectivity index (χ0n) is 32.5. The molecular formula is C41H66O12. The predicted octanol–water partition coefficient (Wildman–Crippen LogP) is 3.38. The van der Waals surface area contributed by atoms with E-state index in [0.717, 1.165) is 56.9 Å². The highest BCUT2D eigenvalue weighted by atomic mass is 16.8. The predicted molar refractivity (Wildman–Crippen MR) is 192 cm³/mol. The van der Waals surface area contributed by atoms with Gasteiger partial charge in [0.25, 0.3) is 0 Å². The second-order valence-corrected chi connectivity index (χ2v) is 19.5. The lowest BCUT2D eigenvalue weighted by molar-refractivity contribution is -0.366. The number of hydrogen-bond acceptors (Lipinski definition) is 11. The van der Waals surface area contributed by atoms with Crippen molar-refractivity contribution in [2.45, 2.75) is 167 Å². The van der Waals surface area contributed by atoms with Crippen LogP contribution in [0.25, 0.3) is 0 Å². The molecule has 5 aliphatic carbocycles. The minimum atomic E-state index is -1.62. The maximum atomic E-state index is 13.0. The Kier molecular flexibility index (Phi) is 10.4. The molecule has 12 nitrogen and oxygen atoms in total. The number of rotatable bonds is 7. The monoisotopic (exact) mass is 750 g/mol. The number of aliphatic hydroxyl groups excluding tert-OH is 6. The summed E-state index contributed by atoms with van der Waals surface area (Å²) in [6.45, 7) is 17.1. The number of carbonyl (C=O) groups is 1. The number of aliphatic hydroxyl groups is 6. The van der Waals surface area contributed by atoms with Crippen molar-refractivity contribution in [1.82, 2.24) is 0 Å². The van der Waals surface area contributed by atoms with Gasteiger partial charge in [-0.2, -0.15) is 0 Å². The van der Waals surface area contributed by atoms with Gasteiger partial charge in [0.1, 0.15) is 36.6 Å². The van der Waals surface area contributed by atoms with Crippen molar-refractivity contribution >= 4 is 5.97 Å². The van der Waals surface area contributed by atoms with Crippen LogP contribution in [0.4, 0.5) is 0 Å². The van der Waals surface area contributed by atoms with Crippen molar-refractivity contribution in [3.8, 4) is 0 Å². The van der Waals surface area contributed by atoms with E-state index in [0.29, 0.717) is 24.7 Å². The molecule has 0 radical (unpaired) electrons. The molecule has 2 heterocycles. The van der Waals surface area contributed by atoms with Crippen LogP contribution in [0.2, 0.25) is 0 Å². The molecule has 7 aliphatic rings. The smallest absolute Gasteiger partial charge is 0.309 e. The summed E-state index contributed by atoms with van der Waals surface area (Å²) in [4.78, 5) is 13.0. The molecule has 7 rings (SSSR count). The van der Waals surface area contributed by atoms with E-state index in [1.54, 1.807) is 0 Å². The fourth-order valence-electron chi connectivity index (χ4n) is 14.2. The summed E-state index contributed by atoms with van der Waals surface area (Å²) in [7, 11) is 0. The van der Waals surface area contributed by atoms with Crippen LogP contribution in [0.15, 0.2) is 12.2 Å². The first kappa shape index (κ1) is 40.0. The number of carboxylic acids is 1. The summed E-state index contributed by atoms with van der Waals surface area (Å²) < 4.78 is 24.3. The molecule has 2 saturated heterocycles. The zero-order chi connectivity index (χ0) is 38.6. The number of aliphatic carboxylic acids is 1. The molecule has 0 amide bonds. The largest absolute Gasteiger partial charge is 0.481 e. The molecule has 20 atom stereocenters. The lowest BCUT2D eigenvalue weighted by Gasteiger charge is -2.73. The lowest BCUT2D eigenvalue weighted by Crippen LogP contribution is -2.68. The van der Waals surface area contributed by atoms with E-state index in [4.69, 9.17) is 18.9 Å². The second-order valence-electron chi connectivity index (χ2n) is 19.5. The first-order valence-corrected chi connectivity index (χ1v) is 20.3. The van der Waals surface area contributed by atoms with Crippen LogP contribution in [0.5, 0.6) is 0 Å². The highest BCUT2D eigenvalue weighted by Gasteiger charge is 2.72. The summed E-state index contributed by atoms with van der Waals surface area (Å²) >= 11 is 0. The third-order valence-electron chi connectivity index (χ3n) is 17.4. The molecule has 7 fully saturated rings. The molecule has 0 spiro atoms. The van der Waals surface area contributed by atoms with Gasteiger partial charge in [0.2, 0.25) is 0 Å². The Morgan fingerprint density at radius 3 is 2.17 bits per heavy atom. The van der Waals surface area contributed by atoms with E-state index in [9.17, 15) is 40.5 Å². The minimum absolute atomic E-state index is 0.0140. The van der Waals surface area contributed by atoms with E-state index < -0.39 is 78.2 Å². The fourth-order valence-corrected chi connectivity index (χ4v) is 14.2. The number of ether oxygens (including phenoxy) is 4. The Labute approximate surface area is 314 Å². The molecule has 9 unspecified atom stereocenters. The zero-order valence-corrected chi connectivity index (χ0v) is 32.5. The Morgan fingerprint density at radius 2 is 1.51 bits per heavy atom. The third kappa shape index (κ3) is 5.69. The number of hydrogen-bond donors (Lipinski definition) is 7. The van der Waals surface area contributed by atoms with Gasteiger partial charge in [-0.1, -0.05) is 39.8 Å². The number of fused-ring (bicyclic) bond motifs is 7. The summed E-state index contributed by atoms with van der Waals surface area (Å²) in [5, 5.41) is 74.9. The van der Waals surface area contributed by atoms with E-state index >= 15 is 0 Å². The second kappa shape index (κ2) is 13.7. The van der Waals surface area contributed by atoms with Crippen LogP contribution in [-0.4, -0.2) is 116 Å². The quantitative estimate of drug-likeness (QED) is 0.148. The Hall–Kier alpha value is -1.19. The molecule has 7 N–H and O–H groups in total. The maximum absolute atomic E-state index is 13.0. The van der Waals surface area contributed by atoms with E-state index in [1.165, 1.54) is 6.92 Å². The SMILES string of the molecule is C=C(C)[C@@H]1CC[C@]2(C(=O)O)CC[C@]3(C)[C@H](CC[C@@H]4[C@@]5(C)CC[C@H](OC6OCC(O)C(O)C6OC6OC(C)C(O)C(O)C6O)[C@@](C)(CO)[C@@H]5CC[C@]43C)[C@@H]12. The highest BCUT2D eigenvalue weighted by Crippen LogP contribution is 2.77. The topological polar surface area (TPSA) is 196 Å².